The number of aromatic hydroxyl groups is 1. The molecule has 0 unspecified atom stereocenters. The van der Waals surface area contributed by atoms with Crippen molar-refractivity contribution >= 4 is 52.5 Å². The van der Waals surface area contributed by atoms with Gasteiger partial charge in [0.15, 0.2) is 6.29 Å². The predicted octanol–water partition coefficient (Wildman–Crippen LogP) is 5.18. The average Bonchev–Trinajstić information content (AvgIpc) is 3.47. The molecule has 42 heavy (non-hydrogen) atoms. The third-order valence-electron chi connectivity index (χ3n) is 6.51. The molecule has 2 heterocycles. The molecule has 4 aromatic rings. The molecule has 1 aromatic heterocycles. The number of alkyl halides is 3. The van der Waals surface area contributed by atoms with E-state index in [2.05, 4.69) is 20.8 Å². The van der Waals surface area contributed by atoms with Gasteiger partial charge in [0.25, 0.3) is 9.70 Å². The number of rotatable bonds is 9. The van der Waals surface area contributed by atoms with Crippen LogP contribution in [-0.4, -0.2) is 52.0 Å². The number of tetrazole rings is 1. The monoisotopic (exact) mass is 649 g/mol. The van der Waals surface area contributed by atoms with Gasteiger partial charge in [-0.05, 0) is 51.4 Å². The summed E-state index contributed by atoms with van der Waals surface area (Å²) >= 11 is 18.3. The number of carbonyl (C=O) groups excluding carboxylic acids is 1. The molecule has 220 valence electrons. The van der Waals surface area contributed by atoms with E-state index in [1.807, 2.05) is 48.5 Å². The normalized spacial score (nSPS) is 19.0. The summed E-state index contributed by atoms with van der Waals surface area (Å²) in [4.78, 5) is 11.9. The minimum atomic E-state index is -2.03. The zero-order valence-electron chi connectivity index (χ0n) is 21.9. The van der Waals surface area contributed by atoms with Crippen LogP contribution >= 0.6 is 46.6 Å². The van der Waals surface area contributed by atoms with Gasteiger partial charge in [0.2, 0.25) is 5.16 Å². The van der Waals surface area contributed by atoms with Crippen LogP contribution in [0, 0.1) is 0 Å². The van der Waals surface area contributed by atoms with E-state index in [1.54, 1.807) is 28.9 Å². The molecular weight excluding hydrogens is 625 g/mol. The fourth-order valence-corrected chi connectivity index (χ4v) is 5.40. The quantitative estimate of drug-likeness (QED) is 0.166. The SMILES string of the molecule is O=C(NCc1ccc([C@@H]2O[C@H](CSc3nnnn3-c3ccc(O)cc3)C[C@H](c3ccc(CO)cc3)O2)cc1)C(Cl)(Cl)Cl. The molecule has 0 aliphatic carbocycles. The number of benzene rings is 3. The Balaban J connectivity index is 1.31. The molecule has 1 amide bonds. The summed E-state index contributed by atoms with van der Waals surface area (Å²) in [6.45, 7) is 0.148. The van der Waals surface area contributed by atoms with E-state index >= 15 is 0 Å². The second kappa shape index (κ2) is 13.6. The van der Waals surface area contributed by atoms with Crippen LogP contribution in [0.4, 0.5) is 0 Å². The first kappa shape index (κ1) is 30.6. The number of halogens is 3. The van der Waals surface area contributed by atoms with Crippen molar-refractivity contribution in [1.82, 2.24) is 25.5 Å². The van der Waals surface area contributed by atoms with Gasteiger partial charge >= 0.3 is 0 Å². The number of hydrogen-bond donors (Lipinski definition) is 3. The van der Waals surface area contributed by atoms with E-state index in [0.29, 0.717) is 17.3 Å². The Morgan fingerprint density at radius 1 is 0.976 bits per heavy atom. The van der Waals surface area contributed by atoms with Crippen LogP contribution in [0.25, 0.3) is 5.69 Å². The summed E-state index contributed by atoms with van der Waals surface area (Å²) in [6, 6.07) is 21.7. The number of thioether (sulfide) groups is 1. The molecule has 3 atom stereocenters. The minimum Gasteiger partial charge on any atom is -0.508 e. The van der Waals surface area contributed by atoms with Crippen LogP contribution in [-0.2, 0) is 27.4 Å². The van der Waals surface area contributed by atoms with Gasteiger partial charge in [0.05, 0.1) is 24.5 Å². The maximum atomic E-state index is 11.9. The molecule has 5 rings (SSSR count). The summed E-state index contributed by atoms with van der Waals surface area (Å²) in [6.07, 6.45) is -0.558. The first-order valence-electron chi connectivity index (χ1n) is 12.8. The number of phenols is 1. The van der Waals surface area contributed by atoms with Crippen molar-refractivity contribution in [2.24, 2.45) is 0 Å². The predicted molar refractivity (Wildman–Crippen MR) is 159 cm³/mol. The summed E-state index contributed by atoms with van der Waals surface area (Å²) in [7, 11) is 0. The Kier molecular flexibility index (Phi) is 9.89. The van der Waals surface area contributed by atoms with Crippen LogP contribution in [0.1, 0.15) is 41.1 Å². The number of aliphatic hydroxyl groups is 1. The molecule has 1 fully saturated rings. The van der Waals surface area contributed by atoms with Gasteiger partial charge in [0.1, 0.15) is 5.75 Å². The van der Waals surface area contributed by atoms with E-state index in [1.165, 1.54) is 11.8 Å². The van der Waals surface area contributed by atoms with Crippen molar-refractivity contribution in [3.8, 4) is 11.4 Å². The average molecular weight is 651 g/mol. The zero-order chi connectivity index (χ0) is 29.7. The van der Waals surface area contributed by atoms with Gasteiger partial charge in [-0.1, -0.05) is 95.1 Å². The number of phenolic OH excluding ortho intramolecular Hbond substituents is 1. The van der Waals surface area contributed by atoms with Crippen molar-refractivity contribution in [3.63, 3.8) is 0 Å². The van der Waals surface area contributed by atoms with Gasteiger partial charge in [-0.25, -0.2) is 0 Å². The van der Waals surface area contributed by atoms with E-state index in [9.17, 15) is 15.0 Å². The Morgan fingerprint density at radius 3 is 2.31 bits per heavy atom. The third kappa shape index (κ3) is 7.73. The first-order chi connectivity index (χ1) is 20.2. The maximum absolute atomic E-state index is 11.9. The molecule has 3 aromatic carbocycles. The lowest BCUT2D eigenvalue weighted by atomic mass is 10.0. The Morgan fingerprint density at radius 2 is 1.64 bits per heavy atom. The van der Waals surface area contributed by atoms with Crippen molar-refractivity contribution in [2.45, 2.75) is 47.0 Å². The summed E-state index contributed by atoms with van der Waals surface area (Å²) in [5.41, 5.74) is 4.11. The molecule has 0 saturated carbocycles. The maximum Gasteiger partial charge on any atom is 0.272 e. The number of hydrogen-bond acceptors (Lipinski definition) is 9. The molecule has 10 nitrogen and oxygen atoms in total. The van der Waals surface area contributed by atoms with E-state index in [0.717, 1.165) is 27.9 Å². The molecular formula is C28H26Cl3N5O5S. The van der Waals surface area contributed by atoms with Crippen LogP contribution in [0.2, 0.25) is 0 Å². The number of aromatic nitrogens is 4. The van der Waals surface area contributed by atoms with Gasteiger partial charge in [0, 0.05) is 24.3 Å². The third-order valence-corrected chi connectivity index (χ3v) is 8.08. The highest BCUT2D eigenvalue weighted by Gasteiger charge is 2.33. The van der Waals surface area contributed by atoms with E-state index < -0.39 is 16.0 Å². The van der Waals surface area contributed by atoms with Crippen molar-refractivity contribution in [2.75, 3.05) is 5.75 Å². The zero-order valence-corrected chi connectivity index (χ0v) is 25.0. The van der Waals surface area contributed by atoms with Crippen molar-refractivity contribution in [1.29, 1.82) is 0 Å². The van der Waals surface area contributed by atoms with Crippen molar-refractivity contribution < 1.29 is 24.5 Å². The largest absolute Gasteiger partial charge is 0.508 e. The van der Waals surface area contributed by atoms with Crippen LogP contribution < -0.4 is 5.32 Å². The lowest BCUT2D eigenvalue weighted by Crippen LogP contribution is -2.34. The van der Waals surface area contributed by atoms with E-state index in [-0.39, 0.29) is 31.1 Å². The number of amides is 1. The highest BCUT2D eigenvalue weighted by molar-refractivity contribution is 7.99. The minimum absolute atomic E-state index is 0.0407. The summed E-state index contributed by atoms with van der Waals surface area (Å²) < 4.78 is 12.4. The smallest absolute Gasteiger partial charge is 0.272 e. The van der Waals surface area contributed by atoms with Crippen LogP contribution in [0.5, 0.6) is 5.75 Å². The number of ether oxygens (including phenoxy) is 2. The molecule has 0 spiro atoms. The molecule has 0 radical (unpaired) electrons. The highest BCUT2D eigenvalue weighted by atomic mass is 35.6. The number of carbonyl (C=O) groups is 1. The number of nitrogens with zero attached hydrogens (tertiary/aromatic N) is 4. The van der Waals surface area contributed by atoms with Crippen LogP contribution in [0.3, 0.4) is 0 Å². The second-order valence-electron chi connectivity index (χ2n) is 9.47. The second-order valence-corrected chi connectivity index (χ2v) is 12.7. The standard InChI is InChI=1S/C28H26Cl3N5O5S/c29-28(30,31)26(39)32-14-17-1-7-20(8-2-17)25-40-23(13-24(41-25)19-5-3-18(15-37)4-6-19)16-42-27-33-34-35-36(27)21-9-11-22(38)12-10-21/h1-12,23-25,37-38H,13-16H2,(H,32,39)/t23-,24+,25+/m0/s1. The lowest BCUT2D eigenvalue weighted by Gasteiger charge is -2.36. The molecule has 14 heteroatoms. The van der Waals surface area contributed by atoms with Crippen LogP contribution in [0.15, 0.2) is 78.0 Å². The molecule has 1 aliphatic heterocycles. The van der Waals surface area contributed by atoms with Gasteiger partial charge in [-0.15, -0.1) is 5.10 Å². The summed E-state index contributed by atoms with van der Waals surface area (Å²) in [5.74, 6) is -0.00582. The topological polar surface area (TPSA) is 132 Å². The lowest BCUT2D eigenvalue weighted by molar-refractivity contribution is -0.245. The van der Waals surface area contributed by atoms with E-state index in [4.69, 9.17) is 44.3 Å². The van der Waals surface area contributed by atoms with Gasteiger partial charge in [-0.3, -0.25) is 4.79 Å². The molecule has 3 N–H and O–H groups in total. The number of aliphatic hydroxyl groups excluding tert-OH is 1. The summed E-state index contributed by atoms with van der Waals surface area (Å²) in [5, 5.41) is 34.3. The fraction of sp³-hybridized carbons (Fsp3) is 0.286. The molecule has 0 bridgehead atoms. The Bertz CT molecular complexity index is 1480. The van der Waals surface area contributed by atoms with Gasteiger partial charge in [-0.2, -0.15) is 4.68 Å². The highest BCUT2D eigenvalue weighted by Crippen LogP contribution is 2.39. The molecule has 1 saturated heterocycles. The van der Waals surface area contributed by atoms with Crippen molar-refractivity contribution in [3.05, 3.63) is 95.1 Å². The molecule has 1 aliphatic rings. The fourth-order valence-electron chi connectivity index (χ4n) is 4.29. The Labute approximate surface area is 260 Å². The first-order valence-corrected chi connectivity index (χ1v) is 15.0. The number of nitrogens with one attached hydrogen (secondary N) is 1. The Hall–Kier alpha value is -2.90. The van der Waals surface area contributed by atoms with Gasteiger partial charge < -0.3 is 25.0 Å².